The van der Waals surface area contributed by atoms with Gasteiger partial charge in [0.2, 0.25) is 0 Å². The summed E-state index contributed by atoms with van der Waals surface area (Å²) in [6.45, 7) is 2.03. The second-order valence-corrected chi connectivity index (χ2v) is 6.47. The fourth-order valence-corrected chi connectivity index (χ4v) is 2.96. The second-order valence-electron chi connectivity index (χ2n) is 6.47. The number of benzene rings is 3. The van der Waals surface area contributed by atoms with Crippen molar-refractivity contribution in [2.24, 2.45) is 0 Å². The molecule has 0 aliphatic heterocycles. The molecule has 0 saturated heterocycles. The molecule has 0 bridgehead atoms. The van der Waals surface area contributed by atoms with Gasteiger partial charge >= 0.3 is 0 Å². The number of methoxy groups -OCH3 is 1. The summed E-state index contributed by atoms with van der Waals surface area (Å²) in [5.41, 5.74) is 3.56. The monoisotopic (exact) mass is 363 g/mol. The number of ketones is 1. The minimum absolute atomic E-state index is 0.0454. The molecule has 3 rings (SSSR count). The highest BCUT2D eigenvalue weighted by atomic mass is 19.1. The number of hydrogen-bond donors (Lipinski definition) is 1. The van der Waals surface area contributed by atoms with Crippen LogP contribution >= 0.6 is 0 Å². The summed E-state index contributed by atoms with van der Waals surface area (Å²) in [6.07, 6.45) is 0.256. The number of ether oxygens (including phenoxy) is 1. The first-order valence-electron chi connectivity index (χ1n) is 8.81. The van der Waals surface area contributed by atoms with Gasteiger partial charge in [-0.3, -0.25) is 4.79 Å². The van der Waals surface area contributed by atoms with Gasteiger partial charge in [-0.25, -0.2) is 4.39 Å². The first-order valence-corrected chi connectivity index (χ1v) is 8.81. The van der Waals surface area contributed by atoms with Gasteiger partial charge in [-0.2, -0.15) is 0 Å². The molecule has 1 N–H and O–H groups in total. The van der Waals surface area contributed by atoms with E-state index in [2.05, 4.69) is 5.32 Å². The molecule has 0 amide bonds. The van der Waals surface area contributed by atoms with Crippen molar-refractivity contribution in [1.82, 2.24) is 0 Å². The Balaban J connectivity index is 1.85. The number of carbonyl (C=O) groups excluding carboxylic acids is 1. The molecule has 0 aliphatic carbocycles. The molecular weight excluding hydrogens is 341 g/mol. The van der Waals surface area contributed by atoms with Crippen LogP contribution in [-0.4, -0.2) is 12.9 Å². The minimum atomic E-state index is -0.351. The third-order valence-corrected chi connectivity index (χ3v) is 4.43. The van der Waals surface area contributed by atoms with E-state index in [0.717, 1.165) is 22.6 Å². The fraction of sp³-hybridized carbons (Fsp3) is 0.174. The lowest BCUT2D eigenvalue weighted by molar-refractivity contribution is 0.0976. The average Bonchev–Trinajstić information content (AvgIpc) is 2.68. The van der Waals surface area contributed by atoms with Crippen LogP contribution in [0.4, 0.5) is 10.1 Å². The molecule has 4 heteroatoms. The van der Waals surface area contributed by atoms with E-state index in [1.165, 1.54) is 24.3 Å². The van der Waals surface area contributed by atoms with Crippen molar-refractivity contribution in [1.29, 1.82) is 0 Å². The Morgan fingerprint density at radius 1 is 1.04 bits per heavy atom. The second kappa shape index (κ2) is 8.49. The summed E-state index contributed by atoms with van der Waals surface area (Å²) < 4.78 is 18.4. The molecule has 3 nitrogen and oxygen atoms in total. The van der Waals surface area contributed by atoms with Crippen LogP contribution < -0.4 is 10.1 Å². The van der Waals surface area contributed by atoms with E-state index in [-0.39, 0.29) is 24.1 Å². The van der Waals surface area contributed by atoms with Gasteiger partial charge in [0.25, 0.3) is 0 Å². The zero-order chi connectivity index (χ0) is 19.2. The van der Waals surface area contributed by atoms with Crippen LogP contribution in [0.5, 0.6) is 5.75 Å². The van der Waals surface area contributed by atoms with Gasteiger partial charge in [0, 0.05) is 17.7 Å². The molecule has 0 fully saturated rings. The minimum Gasteiger partial charge on any atom is -0.497 e. The lowest BCUT2D eigenvalue weighted by atomic mass is 9.97. The third-order valence-electron chi connectivity index (χ3n) is 4.43. The van der Waals surface area contributed by atoms with Gasteiger partial charge in [-0.05, 0) is 66.6 Å². The summed E-state index contributed by atoms with van der Waals surface area (Å²) >= 11 is 0. The Morgan fingerprint density at radius 3 is 2.37 bits per heavy atom. The van der Waals surface area contributed by atoms with Crippen LogP contribution in [-0.2, 0) is 0 Å². The summed E-state index contributed by atoms with van der Waals surface area (Å²) in [7, 11) is 1.62. The Hall–Kier alpha value is -3.14. The van der Waals surface area contributed by atoms with E-state index in [1.807, 2.05) is 55.5 Å². The molecule has 0 aromatic heterocycles. The van der Waals surface area contributed by atoms with Crippen molar-refractivity contribution in [3.63, 3.8) is 0 Å². The molecule has 1 unspecified atom stereocenters. The summed E-state index contributed by atoms with van der Waals surface area (Å²) in [6, 6.07) is 21.1. The molecule has 138 valence electrons. The van der Waals surface area contributed by atoms with E-state index in [9.17, 15) is 9.18 Å². The van der Waals surface area contributed by atoms with Crippen LogP contribution in [0.1, 0.15) is 33.9 Å². The van der Waals surface area contributed by atoms with Gasteiger partial charge in [0.15, 0.2) is 5.78 Å². The number of rotatable bonds is 7. The normalized spacial score (nSPS) is 11.7. The maximum absolute atomic E-state index is 13.1. The van der Waals surface area contributed by atoms with Crippen LogP contribution in [0.25, 0.3) is 0 Å². The van der Waals surface area contributed by atoms with Crippen molar-refractivity contribution in [3.8, 4) is 5.75 Å². The first-order chi connectivity index (χ1) is 13.0. The van der Waals surface area contributed by atoms with E-state index < -0.39 is 0 Å². The number of halogens is 1. The van der Waals surface area contributed by atoms with Crippen molar-refractivity contribution in [2.75, 3.05) is 12.4 Å². The lowest BCUT2D eigenvalue weighted by Gasteiger charge is -2.21. The molecular formula is C23H22FNO2. The molecule has 0 spiro atoms. The molecule has 0 radical (unpaired) electrons. The number of aryl methyl sites for hydroxylation is 1. The maximum atomic E-state index is 13.1. The number of anilines is 1. The Bertz CT molecular complexity index is 904. The van der Waals surface area contributed by atoms with E-state index in [4.69, 9.17) is 4.74 Å². The van der Waals surface area contributed by atoms with E-state index in [0.29, 0.717) is 5.56 Å². The van der Waals surface area contributed by atoms with Gasteiger partial charge in [-0.1, -0.05) is 24.3 Å². The molecule has 0 saturated carbocycles. The highest BCUT2D eigenvalue weighted by Gasteiger charge is 2.18. The van der Waals surface area contributed by atoms with Gasteiger partial charge in [0.1, 0.15) is 11.6 Å². The van der Waals surface area contributed by atoms with Crippen LogP contribution in [0.3, 0.4) is 0 Å². The number of Topliss-reactive ketones (excluding diaryl/α,β-unsaturated/α-hetero) is 1. The first kappa shape index (κ1) is 18.6. The largest absolute Gasteiger partial charge is 0.497 e. The smallest absolute Gasteiger partial charge is 0.165 e. The zero-order valence-corrected chi connectivity index (χ0v) is 15.4. The summed E-state index contributed by atoms with van der Waals surface area (Å²) in [5.74, 6) is 0.366. The Morgan fingerprint density at radius 2 is 1.74 bits per heavy atom. The number of nitrogens with one attached hydrogen (secondary N) is 1. The Kier molecular flexibility index (Phi) is 5.87. The molecule has 27 heavy (non-hydrogen) atoms. The van der Waals surface area contributed by atoms with Gasteiger partial charge in [-0.15, -0.1) is 0 Å². The maximum Gasteiger partial charge on any atom is 0.165 e. The zero-order valence-electron chi connectivity index (χ0n) is 15.4. The van der Waals surface area contributed by atoms with Crippen molar-refractivity contribution < 1.29 is 13.9 Å². The van der Waals surface area contributed by atoms with E-state index >= 15 is 0 Å². The molecule has 3 aromatic rings. The average molecular weight is 363 g/mol. The summed E-state index contributed by atoms with van der Waals surface area (Å²) in [5, 5.41) is 3.45. The van der Waals surface area contributed by atoms with Crippen LogP contribution in [0, 0.1) is 12.7 Å². The lowest BCUT2D eigenvalue weighted by Crippen LogP contribution is -2.16. The predicted octanol–water partition coefficient (Wildman–Crippen LogP) is 5.57. The number of hydrogen-bond acceptors (Lipinski definition) is 3. The van der Waals surface area contributed by atoms with Gasteiger partial charge < -0.3 is 10.1 Å². The van der Waals surface area contributed by atoms with E-state index in [1.54, 1.807) is 7.11 Å². The van der Waals surface area contributed by atoms with Gasteiger partial charge in [0.05, 0.1) is 13.2 Å². The van der Waals surface area contributed by atoms with Crippen molar-refractivity contribution >= 4 is 11.5 Å². The van der Waals surface area contributed by atoms with Crippen molar-refractivity contribution in [3.05, 3.63) is 95.3 Å². The standard InChI is InChI=1S/C23H22FNO2/c1-16-4-3-5-20(14-16)25-22(17-8-12-21(27-2)13-9-17)15-23(26)18-6-10-19(24)11-7-18/h3-14,22,25H,15H2,1-2H3. The summed E-state index contributed by atoms with van der Waals surface area (Å²) in [4.78, 5) is 12.7. The third kappa shape index (κ3) is 4.94. The Labute approximate surface area is 158 Å². The molecule has 0 aliphatic rings. The number of carbonyl (C=O) groups is 1. The molecule has 3 aromatic carbocycles. The topological polar surface area (TPSA) is 38.3 Å². The van der Waals surface area contributed by atoms with Crippen LogP contribution in [0.15, 0.2) is 72.8 Å². The highest BCUT2D eigenvalue weighted by molar-refractivity contribution is 5.96. The quantitative estimate of drug-likeness (QED) is 0.558. The molecule has 0 heterocycles. The predicted molar refractivity (Wildman–Crippen MR) is 106 cm³/mol. The SMILES string of the molecule is COc1ccc(C(CC(=O)c2ccc(F)cc2)Nc2cccc(C)c2)cc1. The van der Waals surface area contributed by atoms with Crippen molar-refractivity contribution in [2.45, 2.75) is 19.4 Å². The van der Waals surface area contributed by atoms with Crippen LogP contribution in [0.2, 0.25) is 0 Å². The highest BCUT2D eigenvalue weighted by Crippen LogP contribution is 2.26. The molecule has 1 atom stereocenters. The fourth-order valence-electron chi connectivity index (χ4n) is 2.96.